The van der Waals surface area contributed by atoms with Crippen molar-refractivity contribution in [3.63, 3.8) is 0 Å². The second-order valence-electron chi connectivity index (χ2n) is 4.68. The molecule has 0 aromatic rings. The van der Waals surface area contributed by atoms with Gasteiger partial charge in [-0.05, 0) is 39.2 Å². The van der Waals surface area contributed by atoms with Crippen LogP contribution in [0.1, 0.15) is 26.7 Å². The summed E-state index contributed by atoms with van der Waals surface area (Å²) in [5.41, 5.74) is 0. The van der Waals surface area contributed by atoms with Crippen molar-refractivity contribution >= 4 is 9.84 Å². The Morgan fingerprint density at radius 1 is 1.31 bits per heavy atom. The zero-order valence-electron chi connectivity index (χ0n) is 10.2. The third kappa shape index (κ3) is 4.80. The maximum Gasteiger partial charge on any atom is 0.153 e. The lowest BCUT2D eigenvalue weighted by Crippen LogP contribution is -2.32. The summed E-state index contributed by atoms with van der Waals surface area (Å²) < 4.78 is 28.3. The van der Waals surface area contributed by atoms with Crippen molar-refractivity contribution in [2.24, 2.45) is 5.92 Å². The Bertz CT molecular complexity index is 282. The lowest BCUT2D eigenvalue weighted by molar-refractivity contribution is 0.0665. The minimum Gasteiger partial charge on any atom is -0.381 e. The van der Waals surface area contributed by atoms with Crippen LogP contribution in [0.25, 0.3) is 0 Å². The molecule has 1 heterocycles. The van der Waals surface area contributed by atoms with Crippen LogP contribution in [-0.2, 0) is 14.6 Å². The molecule has 0 radical (unpaired) electrons. The van der Waals surface area contributed by atoms with Crippen LogP contribution in [0.15, 0.2) is 0 Å². The number of nitrogens with one attached hydrogen (secondary N) is 1. The molecule has 0 spiro atoms. The van der Waals surface area contributed by atoms with E-state index in [4.69, 9.17) is 4.74 Å². The van der Waals surface area contributed by atoms with Crippen LogP contribution in [-0.4, -0.2) is 45.7 Å². The number of hydrogen-bond donors (Lipinski definition) is 1. The standard InChI is InChI=1S/C11H23NO3S/c1-10(2)16(13,14)8-5-12-9-11-3-6-15-7-4-11/h10-12H,3-9H2,1-2H3. The number of sulfone groups is 1. The van der Waals surface area contributed by atoms with Gasteiger partial charge in [-0.15, -0.1) is 0 Å². The fraction of sp³-hybridized carbons (Fsp3) is 1.00. The van der Waals surface area contributed by atoms with Gasteiger partial charge in [0, 0.05) is 19.8 Å². The molecule has 0 saturated carbocycles. The topological polar surface area (TPSA) is 55.4 Å². The zero-order chi connectivity index (χ0) is 12.0. The molecule has 0 aromatic heterocycles. The molecule has 0 bridgehead atoms. The van der Waals surface area contributed by atoms with E-state index in [0.717, 1.165) is 32.6 Å². The summed E-state index contributed by atoms with van der Waals surface area (Å²) >= 11 is 0. The van der Waals surface area contributed by atoms with Gasteiger partial charge in [0.25, 0.3) is 0 Å². The van der Waals surface area contributed by atoms with Gasteiger partial charge >= 0.3 is 0 Å². The number of rotatable bonds is 6. The van der Waals surface area contributed by atoms with E-state index in [1.807, 2.05) is 0 Å². The van der Waals surface area contributed by atoms with E-state index in [1.165, 1.54) is 0 Å². The highest BCUT2D eigenvalue weighted by molar-refractivity contribution is 7.92. The predicted molar refractivity (Wildman–Crippen MR) is 65.3 cm³/mol. The van der Waals surface area contributed by atoms with Crippen molar-refractivity contribution in [2.75, 3.05) is 32.1 Å². The summed E-state index contributed by atoms with van der Waals surface area (Å²) in [5, 5.41) is 2.97. The van der Waals surface area contributed by atoms with E-state index < -0.39 is 9.84 Å². The summed E-state index contributed by atoms with van der Waals surface area (Å²) in [6, 6.07) is 0. The second-order valence-corrected chi connectivity index (χ2v) is 7.35. The average Bonchev–Trinajstić information content (AvgIpc) is 2.26. The van der Waals surface area contributed by atoms with Crippen LogP contribution < -0.4 is 5.32 Å². The SMILES string of the molecule is CC(C)S(=O)(=O)CCNCC1CCOCC1. The molecular weight excluding hydrogens is 226 g/mol. The molecule has 1 fully saturated rings. The van der Waals surface area contributed by atoms with Crippen molar-refractivity contribution < 1.29 is 13.2 Å². The highest BCUT2D eigenvalue weighted by atomic mass is 32.2. The lowest BCUT2D eigenvalue weighted by Gasteiger charge is -2.22. The van der Waals surface area contributed by atoms with Gasteiger partial charge in [0.05, 0.1) is 11.0 Å². The van der Waals surface area contributed by atoms with E-state index in [1.54, 1.807) is 13.8 Å². The smallest absolute Gasteiger partial charge is 0.153 e. The van der Waals surface area contributed by atoms with E-state index in [-0.39, 0.29) is 11.0 Å². The van der Waals surface area contributed by atoms with Gasteiger partial charge in [-0.3, -0.25) is 0 Å². The van der Waals surface area contributed by atoms with E-state index in [0.29, 0.717) is 12.5 Å². The molecule has 5 heteroatoms. The monoisotopic (exact) mass is 249 g/mol. The molecule has 0 amide bonds. The van der Waals surface area contributed by atoms with E-state index in [9.17, 15) is 8.42 Å². The lowest BCUT2D eigenvalue weighted by atomic mass is 10.0. The molecular formula is C11H23NO3S. The molecule has 0 aromatic carbocycles. The average molecular weight is 249 g/mol. The van der Waals surface area contributed by atoms with Gasteiger partial charge in [0.1, 0.15) is 0 Å². The van der Waals surface area contributed by atoms with Gasteiger partial charge in [-0.25, -0.2) is 8.42 Å². The Balaban J connectivity index is 2.11. The van der Waals surface area contributed by atoms with E-state index in [2.05, 4.69) is 5.32 Å². The molecule has 1 aliphatic rings. The summed E-state index contributed by atoms with van der Waals surface area (Å²) in [5.74, 6) is 0.893. The first kappa shape index (κ1) is 13.9. The van der Waals surface area contributed by atoms with Crippen LogP contribution in [0, 0.1) is 5.92 Å². The Labute approximate surface area is 98.7 Å². The largest absolute Gasteiger partial charge is 0.381 e. The van der Waals surface area contributed by atoms with Crippen molar-refractivity contribution in [3.8, 4) is 0 Å². The van der Waals surface area contributed by atoms with Crippen molar-refractivity contribution in [1.82, 2.24) is 5.32 Å². The van der Waals surface area contributed by atoms with Crippen LogP contribution >= 0.6 is 0 Å². The molecule has 1 N–H and O–H groups in total. The number of ether oxygens (including phenoxy) is 1. The third-order valence-electron chi connectivity index (χ3n) is 3.06. The zero-order valence-corrected chi connectivity index (χ0v) is 11.1. The quantitative estimate of drug-likeness (QED) is 0.708. The minimum absolute atomic E-state index is 0.244. The molecule has 1 rings (SSSR count). The molecule has 1 saturated heterocycles. The summed E-state index contributed by atoms with van der Waals surface area (Å²) in [7, 11) is -2.89. The van der Waals surface area contributed by atoms with Gasteiger partial charge in [0.15, 0.2) is 9.84 Å². The fourth-order valence-corrected chi connectivity index (χ4v) is 2.61. The van der Waals surface area contributed by atoms with Crippen molar-refractivity contribution in [3.05, 3.63) is 0 Å². The molecule has 0 atom stereocenters. The van der Waals surface area contributed by atoms with Crippen molar-refractivity contribution in [2.45, 2.75) is 31.9 Å². The minimum atomic E-state index is -2.89. The second kappa shape index (κ2) is 6.57. The Hall–Kier alpha value is -0.130. The van der Waals surface area contributed by atoms with Gasteiger partial charge in [0.2, 0.25) is 0 Å². The summed E-state index contributed by atoms with van der Waals surface area (Å²) in [6.45, 7) is 6.63. The first-order valence-corrected chi connectivity index (χ1v) is 7.74. The van der Waals surface area contributed by atoms with Crippen LogP contribution in [0.5, 0.6) is 0 Å². The molecule has 96 valence electrons. The Morgan fingerprint density at radius 2 is 1.94 bits per heavy atom. The maximum atomic E-state index is 11.5. The Morgan fingerprint density at radius 3 is 2.50 bits per heavy atom. The third-order valence-corrected chi connectivity index (χ3v) is 5.27. The first-order valence-electron chi connectivity index (χ1n) is 6.02. The molecule has 16 heavy (non-hydrogen) atoms. The van der Waals surface area contributed by atoms with E-state index >= 15 is 0 Å². The van der Waals surface area contributed by atoms with Crippen molar-refractivity contribution in [1.29, 1.82) is 0 Å². The summed E-state index contributed by atoms with van der Waals surface area (Å²) in [4.78, 5) is 0. The summed E-state index contributed by atoms with van der Waals surface area (Å²) in [6.07, 6.45) is 2.17. The molecule has 1 aliphatic heterocycles. The predicted octanol–water partition coefficient (Wildman–Crippen LogP) is 0.826. The maximum absolute atomic E-state index is 11.5. The highest BCUT2D eigenvalue weighted by Gasteiger charge is 2.16. The number of hydrogen-bond acceptors (Lipinski definition) is 4. The highest BCUT2D eigenvalue weighted by Crippen LogP contribution is 2.12. The van der Waals surface area contributed by atoms with Crippen LogP contribution in [0.3, 0.4) is 0 Å². The molecule has 0 unspecified atom stereocenters. The molecule has 0 aliphatic carbocycles. The fourth-order valence-electron chi connectivity index (χ4n) is 1.71. The normalized spacial score (nSPS) is 19.2. The van der Waals surface area contributed by atoms with Crippen LogP contribution in [0.2, 0.25) is 0 Å². The van der Waals surface area contributed by atoms with Gasteiger partial charge in [-0.1, -0.05) is 0 Å². The van der Waals surface area contributed by atoms with Gasteiger partial charge < -0.3 is 10.1 Å². The first-order chi connectivity index (χ1) is 7.52. The van der Waals surface area contributed by atoms with Crippen LogP contribution in [0.4, 0.5) is 0 Å². The Kier molecular flexibility index (Phi) is 5.72. The molecule has 4 nitrogen and oxygen atoms in total. The van der Waals surface area contributed by atoms with Gasteiger partial charge in [-0.2, -0.15) is 0 Å².